The van der Waals surface area contributed by atoms with Crippen molar-refractivity contribution in [3.05, 3.63) is 18.1 Å². The van der Waals surface area contributed by atoms with E-state index in [0.717, 1.165) is 6.33 Å². The summed E-state index contributed by atoms with van der Waals surface area (Å²) >= 11 is 0. The molecule has 1 fully saturated rings. The van der Waals surface area contributed by atoms with Gasteiger partial charge in [-0.3, -0.25) is 9.98 Å². The van der Waals surface area contributed by atoms with Crippen LogP contribution in [0.5, 0.6) is 0 Å². The molecule has 0 bridgehead atoms. The van der Waals surface area contributed by atoms with E-state index >= 15 is 0 Å². The Morgan fingerprint density at radius 1 is 1.25 bits per heavy atom. The van der Waals surface area contributed by atoms with E-state index in [-0.39, 0.29) is 16.7 Å². The number of hydrogen-bond acceptors (Lipinski definition) is 8. The van der Waals surface area contributed by atoms with Gasteiger partial charge in [0.25, 0.3) is 0 Å². The molecule has 2 aromatic heterocycles. The second-order valence-corrected chi connectivity index (χ2v) is 4.49. The second-order valence-electron chi connectivity index (χ2n) is 4.49. The van der Waals surface area contributed by atoms with Gasteiger partial charge in [0.05, 0.1) is 12.9 Å². The Balaban J connectivity index is 2.08. The van der Waals surface area contributed by atoms with Gasteiger partial charge in [0, 0.05) is 0 Å². The van der Waals surface area contributed by atoms with Crippen LogP contribution in [0.1, 0.15) is 6.23 Å². The quantitative estimate of drug-likeness (QED) is 0.384. The number of nitrogens with one attached hydrogen (secondary N) is 1. The summed E-state index contributed by atoms with van der Waals surface area (Å²) in [5.74, 6) is 0. The Morgan fingerprint density at radius 3 is 2.65 bits per heavy atom. The number of ether oxygens (including phenoxy) is 1. The highest BCUT2D eigenvalue weighted by Gasteiger charge is 2.43. The second kappa shape index (κ2) is 4.52. The number of imidazole rings is 1. The summed E-state index contributed by atoms with van der Waals surface area (Å²) < 4.78 is 7.22. The molecule has 4 atom stereocenters. The number of rotatable bonds is 2. The van der Waals surface area contributed by atoms with Gasteiger partial charge in [-0.05, 0) is 0 Å². The van der Waals surface area contributed by atoms with E-state index in [1.54, 1.807) is 0 Å². The van der Waals surface area contributed by atoms with Gasteiger partial charge < -0.3 is 25.3 Å². The lowest BCUT2D eigenvalue weighted by Gasteiger charge is -2.16. The van der Waals surface area contributed by atoms with E-state index < -0.39 is 31.1 Å². The minimum Gasteiger partial charge on any atom is -0.425 e. The maximum Gasteiger partial charge on any atom is 0.192 e. The molecule has 2 aromatic rings. The fourth-order valence-corrected chi connectivity index (χ4v) is 2.22. The van der Waals surface area contributed by atoms with Gasteiger partial charge >= 0.3 is 0 Å². The molecule has 3 rings (SSSR count). The fraction of sp³-hybridized carbons (Fsp3) is 0.500. The molecule has 0 aromatic carbocycles. The SMILES string of the molecule is N=c1c2ncn([C@H]3O[C@H](CO)[C@@H](O)[C@@H]3O)c2ncn1O. The lowest BCUT2D eigenvalue weighted by atomic mass is 10.1. The van der Waals surface area contributed by atoms with Crippen molar-refractivity contribution in [3.8, 4) is 0 Å². The lowest BCUT2D eigenvalue weighted by molar-refractivity contribution is -0.0511. The third kappa shape index (κ3) is 1.70. The summed E-state index contributed by atoms with van der Waals surface area (Å²) in [4.78, 5) is 7.85. The molecule has 0 aliphatic carbocycles. The van der Waals surface area contributed by atoms with Gasteiger partial charge in [-0.15, -0.1) is 0 Å². The lowest BCUT2D eigenvalue weighted by Crippen LogP contribution is -2.33. The van der Waals surface area contributed by atoms with Gasteiger partial charge in [0.1, 0.15) is 24.6 Å². The van der Waals surface area contributed by atoms with Crippen molar-refractivity contribution < 1.29 is 25.3 Å². The number of aromatic nitrogens is 4. The molecule has 3 heterocycles. The maximum absolute atomic E-state index is 9.95. The molecule has 0 unspecified atom stereocenters. The van der Waals surface area contributed by atoms with Crippen LogP contribution in [0.15, 0.2) is 12.7 Å². The molecule has 1 saturated heterocycles. The summed E-state index contributed by atoms with van der Waals surface area (Å²) in [5, 5.41) is 45.7. The topological polar surface area (TPSA) is 150 Å². The summed E-state index contributed by atoms with van der Waals surface area (Å²) in [7, 11) is 0. The van der Waals surface area contributed by atoms with Crippen LogP contribution in [0.4, 0.5) is 0 Å². The number of nitrogens with zero attached hydrogens (tertiary/aromatic N) is 4. The zero-order chi connectivity index (χ0) is 14.4. The maximum atomic E-state index is 9.95. The average Bonchev–Trinajstić information content (AvgIpc) is 2.98. The summed E-state index contributed by atoms with van der Waals surface area (Å²) in [5.41, 5.74) is 0.0726. The normalized spacial score (nSPS) is 30.1. The van der Waals surface area contributed by atoms with E-state index in [0.29, 0.717) is 4.73 Å². The van der Waals surface area contributed by atoms with E-state index in [9.17, 15) is 15.4 Å². The average molecular weight is 283 g/mol. The van der Waals surface area contributed by atoms with Crippen LogP contribution in [0.25, 0.3) is 11.2 Å². The highest BCUT2D eigenvalue weighted by molar-refractivity contribution is 5.68. The molecule has 0 amide bonds. The van der Waals surface area contributed by atoms with E-state index in [1.807, 2.05) is 0 Å². The van der Waals surface area contributed by atoms with Crippen molar-refractivity contribution in [3.63, 3.8) is 0 Å². The molecule has 0 spiro atoms. The van der Waals surface area contributed by atoms with E-state index in [4.69, 9.17) is 15.3 Å². The fourth-order valence-electron chi connectivity index (χ4n) is 2.22. The summed E-state index contributed by atoms with van der Waals surface area (Å²) in [6.07, 6.45) is -2.07. The van der Waals surface area contributed by atoms with Crippen LogP contribution in [0.3, 0.4) is 0 Å². The number of aliphatic hydroxyl groups excluding tert-OH is 3. The molecular formula is C10H13N5O5. The molecule has 1 aliphatic heterocycles. The van der Waals surface area contributed by atoms with Crippen LogP contribution < -0.4 is 5.49 Å². The highest BCUT2D eigenvalue weighted by Crippen LogP contribution is 2.30. The first-order chi connectivity index (χ1) is 9.54. The molecule has 5 N–H and O–H groups in total. The Kier molecular flexibility index (Phi) is 2.94. The molecule has 0 radical (unpaired) electrons. The first-order valence-corrected chi connectivity index (χ1v) is 5.85. The van der Waals surface area contributed by atoms with Crippen LogP contribution in [0.2, 0.25) is 0 Å². The molecule has 20 heavy (non-hydrogen) atoms. The summed E-state index contributed by atoms with van der Waals surface area (Å²) in [6.45, 7) is -0.435. The molecule has 1 aliphatic rings. The Bertz CT molecular complexity index is 697. The van der Waals surface area contributed by atoms with Crippen LogP contribution in [-0.4, -0.2) is 64.7 Å². The van der Waals surface area contributed by atoms with Crippen molar-refractivity contribution in [2.45, 2.75) is 24.5 Å². The predicted octanol–water partition coefficient (Wildman–Crippen LogP) is -2.44. The van der Waals surface area contributed by atoms with Gasteiger partial charge in [-0.1, -0.05) is 0 Å². The smallest absolute Gasteiger partial charge is 0.192 e. The minimum atomic E-state index is -1.26. The number of fused-ring (bicyclic) bond motifs is 1. The largest absolute Gasteiger partial charge is 0.425 e. The van der Waals surface area contributed by atoms with E-state index in [1.165, 1.54) is 10.9 Å². The zero-order valence-corrected chi connectivity index (χ0v) is 10.2. The Hall–Kier alpha value is -2.01. The van der Waals surface area contributed by atoms with Crippen molar-refractivity contribution in [1.82, 2.24) is 19.3 Å². The zero-order valence-electron chi connectivity index (χ0n) is 10.2. The molecule has 10 nitrogen and oxygen atoms in total. The van der Waals surface area contributed by atoms with Gasteiger partial charge in [-0.25, -0.2) is 9.97 Å². The molecular weight excluding hydrogens is 270 g/mol. The van der Waals surface area contributed by atoms with Crippen molar-refractivity contribution in [2.75, 3.05) is 6.61 Å². The van der Waals surface area contributed by atoms with Crippen molar-refractivity contribution in [1.29, 1.82) is 5.41 Å². The predicted molar refractivity (Wildman–Crippen MR) is 61.6 cm³/mol. The molecule has 10 heteroatoms. The van der Waals surface area contributed by atoms with Gasteiger partial charge in [-0.2, -0.15) is 4.73 Å². The van der Waals surface area contributed by atoms with Gasteiger partial charge in [0.2, 0.25) is 0 Å². The standard InChI is InChI=1S/C10H13N5O5/c11-8-5-9(13-3-15(8)19)14(2-12-5)10-7(18)6(17)4(1-16)20-10/h2-4,6-7,10-11,16-19H,1H2/t4-,6-,7+,10+/m1/s1. The van der Waals surface area contributed by atoms with Crippen molar-refractivity contribution in [2.24, 2.45) is 0 Å². The minimum absolute atomic E-state index is 0.118. The van der Waals surface area contributed by atoms with Crippen molar-refractivity contribution >= 4 is 11.2 Å². The first-order valence-electron chi connectivity index (χ1n) is 5.85. The van der Waals surface area contributed by atoms with Gasteiger partial charge in [0.15, 0.2) is 22.9 Å². The number of hydrogen-bond donors (Lipinski definition) is 5. The molecule has 0 saturated carbocycles. The first kappa shape index (κ1) is 13.0. The Labute approximate surface area is 111 Å². The number of aliphatic hydroxyl groups is 3. The Morgan fingerprint density at radius 2 is 2.00 bits per heavy atom. The molecule has 108 valence electrons. The van der Waals surface area contributed by atoms with Crippen LogP contribution in [0, 0.1) is 5.41 Å². The highest BCUT2D eigenvalue weighted by atomic mass is 16.6. The van der Waals surface area contributed by atoms with Crippen LogP contribution >= 0.6 is 0 Å². The third-order valence-corrected chi connectivity index (χ3v) is 3.30. The van der Waals surface area contributed by atoms with Crippen LogP contribution in [-0.2, 0) is 4.74 Å². The third-order valence-electron chi connectivity index (χ3n) is 3.30. The van der Waals surface area contributed by atoms with E-state index in [2.05, 4.69) is 9.97 Å². The monoisotopic (exact) mass is 283 g/mol. The summed E-state index contributed by atoms with van der Waals surface area (Å²) in [6, 6.07) is 0.